The summed E-state index contributed by atoms with van der Waals surface area (Å²) in [6, 6.07) is -0.810. The molecule has 0 aliphatic rings. The first-order chi connectivity index (χ1) is 4.91. The van der Waals surface area contributed by atoms with E-state index in [0.717, 1.165) is 0 Å². The maximum atomic E-state index is 10.8. The molecular weight excluding hydrogens is 144 g/mol. The molecule has 11 heavy (non-hydrogen) atoms. The van der Waals surface area contributed by atoms with Crippen molar-refractivity contribution < 1.29 is 9.90 Å². The Bertz CT molecular complexity index is 145. The molecule has 0 saturated heterocycles. The van der Waals surface area contributed by atoms with Gasteiger partial charge in [0, 0.05) is 6.54 Å². The molecule has 0 spiro atoms. The highest BCUT2D eigenvalue weighted by Gasteiger charge is 2.31. The van der Waals surface area contributed by atoms with E-state index in [1.165, 1.54) is 13.8 Å². The topological polar surface area (TPSA) is 75.3 Å². The van der Waals surface area contributed by atoms with Crippen molar-refractivity contribution in [2.75, 3.05) is 13.6 Å². The van der Waals surface area contributed by atoms with E-state index in [9.17, 15) is 9.90 Å². The van der Waals surface area contributed by atoms with E-state index >= 15 is 0 Å². The summed E-state index contributed by atoms with van der Waals surface area (Å²) in [4.78, 5) is 10.8. The maximum absolute atomic E-state index is 10.8. The molecule has 0 aliphatic heterocycles. The van der Waals surface area contributed by atoms with Crippen molar-refractivity contribution in [3.63, 3.8) is 0 Å². The summed E-state index contributed by atoms with van der Waals surface area (Å²) < 4.78 is 0. The minimum atomic E-state index is -1.15. The van der Waals surface area contributed by atoms with Crippen molar-refractivity contribution in [2.45, 2.75) is 25.5 Å². The third-order valence-electron chi connectivity index (χ3n) is 1.64. The van der Waals surface area contributed by atoms with Gasteiger partial charge in [-0.2, -0.15) is 0 Å². The van der Waals surface area contributed by atoms with Crippen LogP contribution >= 0.6 is 0 Å². The van der Waals surface area contributed by atoms with Gasteiger partial charge >= 0.3 is 0 Å². The summed E-state index contributed by atoms with van der Waals surface area (Å²) in [5.41, 5.74) is 4.29. The fraction of sp³-hybridized carbons (Fsp3) is 0.857. The molecular formula is C7H16N2O2. The van der Waals surface area contributed by atoms with Gasteiger partial charge in [-0.3, -0.25) is 4.79 Å². The second kappa shape index (κ2) is 3.80. The van der Waals surface area contributed by atoms with Crippen LogP contribution in [-0.2, 0) is 4.79 Å². The normalized spacial score (nSPS) is 19.0. The van der Waals surface area contributed by atoms with E-state index in [-0.39, 0.29) is 5.78 Å². The molecule has 0 amide bonds. The average molecular weight is 160 g/mol. The van der Waals surface area contributed by atoms with E-state index in [4.69, 9.17) is 5.73 Å². The lowest BCUT2D eigenvalue weighted by Crippen LogP contribution is -2.55. The molecule has 0 saturated carbocycles. The second-order valence-electron chi connectivity index (χ2n) is 2.98. The van der Waals surface area contributed by atoms with Crippen molar-refractivity contribution in [2.24, 2.45) is 5.73 Å². The van der Waals surface area contributed by atoms with Gasteiger partial charge in [0.05, 0.1) is 11.6 Å². The number of carbonyl (C=O) groups is 1. The molecule has 2 atom stereocenters. The Morgan fingerprint density at radius 2 is 2.27 bits per heavy atom. The van der Waals surface area contributed by atoms with Crippen LogP contribution in [0, 0.1) is 0 Å². The number of nitrogens with two attached hydrogens (primary N) is 1. The summed E-state index contributed by atoms with van der Waals surface area (Å²) in [5.74, 6) is -0.203. The van der Waals surface area contributed by atoms with Gasteiger partial charge in [-0.1, -0.05) is 0 Å². The van der Waals surface area contributed by atoms with E-state index < -0.39 is 11.6 Å². The summed E-state index contributed by atoms with van der Waals surface area (Å²) in [6.07, 6.45) is 0. The summed E-state index contributed by atoms with van der Waals surface area (Å²) in [7, 11) is 1.70. The molecule has 0 radical (unpaired) electrons. The van der Waals surface area contributed by atoms with Crippen LogP contribution < -0.4 is 11.1 Å². The van der Waals surface area contributed by atoms with Crippen molar-refractivity contribution in [1.82, 2.24) is 5.32 Å². The van der Waals surface area contributed by atoms with Gasteiger partial charge < -0.3 is 16.2 Å². The SMILES string of the molecule is CNCC(C)(O)C(N)C(C)=O. The quantitative estimate of drug-likeness (QED) is 0.486. The zero-order chi connectivity index (χ0) is 9.07. The Labute approximate surface area is 66.8 Å². The zero-order valence-corrected chi connectivity index (χ0v) is 7.22. The number of likely N-dealkylation sites (N-methyl/N-ethyl adjacent to an activating group) is 1. The van der Waals surface area contributed by atoms with Crippen LogP contribution in [-0.4, -0.2) is 36.1 Å². The molecule has 0 bridgehead atoms. The summed E-state index contributed by atoms with van der Waals surface area (Å²) >= 11 is 0. The summed E-state index contributed by atoms with van der Waals surface area (Å²) in [6.45, 7) is 3.22. The maximum Gasteiger partial charge on any atom is 0.149 e. The highest BCUT2D eigenvalue weighted by molar-refractivity contribution is 5.82. The molecule has 2 unspecified atom stereocenters. The number of hydrogen-bond acceptors (Lipinski definition) is 4. The van der Waals surface area contributed by atoms with Gasteiger partial charge in [-0.05, 0) is 20.9 Å². The van der Waals surface area contributed by atoms with Crippen molar-refractivity contribution >= 4 is 5.78 Å². The highest BCUT2D eigenvalue weighted by Crippen LogP contribution is 2.06. The Morgan fingerprint density at radius 1 is 1.82 bits per heavy atom. The van der Waals surface area contributed by atoms with Crippen LogP contribution in [0.25, 0.3) is 0 Å². The van der Waals surface area contributed by atoms with E-state index in [1.807, 2.05) is 0 Å². The van der Waals surface area contributed by atoms with Crippen molar-refractivity contribution in [3.05, 3.63) is 0 Å². The Hall–Kier alpha value is -0.450. The lowest BCUT2D eigenvalue weighted by atomic mass is 9.94. The fourth-order valence-electron chi connectivity index (χ4n) is 0.906. The van der Waals surface area contributed by atoms with Crippen LogP contribution in [0.1, 0.15) is 13.8 Å². The smallest absolute Gasteiger partial charge is 0.149 e. The molecule has 0 aromatic carbocycles. The van der Waals surface area contributed by atoms with Gasteiger partial charge in [0.25, 0.3) is 0 Å². The van der Waals surface area contributed by atoms with Crippen LogP contribution in [0.3, 0.4) is 0 Å². The summed E-state index contributed by atoms with van der Waals surface area (Å²) in [5, 5.41) is 12.3. The minimum Gasteiger partial charge on any atom is -0.387 e. The zero-order valence-electron chi connectivity index (χ0n) is 7.22. The molecule has 4 heteroatoms. The van der Waals surface area contributed by atoms with E-state index in [1.54, 1.807) is 7.05 Å². The molecule has 0 aliphatic carbocycles. The van der Waals surface area contributed by atoms with Crippen LogP contribution in [0.15, 0.2) is 0 Å². The van der Waals surface area contributed by atoms with Crippen molar-refractivity contribution in [1.29, 1.82) is 0 Å². The molecule has 0 rings (SSSR count). The Morgan fingerprint density at radius 3 is 2.55 bits per heavy atom. The molecule has 0 heterocycles. The first kappa shape index (κ1) is 10.6. The number of hydrogen-bond donors (Lipinski definition) is 3. The number of rotatable bonds is 4. The molecule has 4 nitrogen and oxygen atoms in total. The molecule has 0 aromatic heterocycles. The van der Waals surface area contributed by atoms with Crippen LogP contribution in [0.2, 0.25) is 0 Å². The van der Waals surface area contributed by atoms with E-state index in [2.05, 4.69) is 5.32 Å². The standard InChI is InChI=1S/C7H16N2O2/c1-5(10)6(8)7(2,11)4-9-3/h6,9,11H,4,8H2,1-3H3. The minimum absolute atomic E-state index is 0.203. The highest BCUT2D eigenvalue weighted by atomic mass is 16.3. The van der Waals surface area contributed by atoms with Gasteiger partial charge in [-0.15, -0.1) is 0 Å². The predicted octanol–water partition coefficient (Wildman–Crippen LogP) is -1.13. The number of aliphatic hydroxyl groups is 1. The first-order valence-corrected chi connectivity index (χ1v) is 3.55. The lowest BCUT2D eigenvalue weighted by Gasteiger charge is -2.27. The van der Waals surface area contributed by atoms with Gasteiger partial charge in [0.1, 0.15) is 5.78 Å². The lowest BCUT2D eigenvalue weighted by molar-refractivity contribution is -0.123. The molecule has 0 fully saturated rings. The third-order valence-corrected chi connectivity index (χ3v) is 1.64. The Kier molecular flexibility index (Phi) is 3.65. The first-order valence-electron chi connectivity index (χ1n) is 3.55. The van der Waals surface area contributed by atoms with Crippen molar-refractivity contribution in [3.8, 4) is 0 Å². The second-order valence-corrected chi connectivity index (χ2v) is 2.98. The predicted molar refractivity (Wildman–Crippen MR) is 43.2 cm³/mol. The number of carbonyl (C=O) groups excluding carboxylic acids is 1. The largest absolute Gasteiger partial charge is 0.387 e. The van der Waals surface area contributed by atoms with Gasteiger partial charge in [-0.25, -0.2) is 0 Å². The fourth-order valence-corrected chi connectivity index (χ4v) is 0.906. The number of nitrogens with one attached hydrogen (secondary N) is 1. The monoisotopic (exact) mass is 160 g/mol. The van der Waals surface area contributed by atoms with Gasteiger partial charge in [0.2, 0.25) is 0 Å². The van der Waals surface area contributed by atoms with Gasteiger partial charge in [0.15, 0.2) is 0 Å². The third kappa shape index (κ3) is 2.96. The number of Topliss-reactive ketones (excluding diaryl/α,β-unsaturated/α-hetero) is 1. The Balaban J connectivity index is 4.16. The van der Waals surface area contributed by atoms with Crippen LogP contribution in [0.5, 0.6) is 0 Å². The molecule has 0 aromatic rings. The van der Waals surface area contributed by atoms with Crippen LogP contribution in [0.4, 0.5) is 0 Å². The molecule has 66 valence electrons. The molecule has 4 N–H and O–H groups in total. The number of ketones is 1. The average Bonchev–Trinajstić information content (AvgIpc) is 1.86. The van der Waals surface area contributed by atoms with E-state index in [0.29, 0.717) is 6.54 Å².